The first-order chi connectivity index (χ1) is 9.70. The van der Waals surface area contributed by atoms with E-state index in [1.165, 1.54) is 23.1 Å². The highest BCUT2D eigenvalue weighted by atomic mass is 79.9. The van der Waals surface area contributed by atoms with Crippen molar-refractivity contribution < 1.29 is 0 Å². The highest BCUT2D eigenvalue weighted by molar-refractivity contribution is 9.10. The van der Waals surface area contributed by atoms with Gasteiger partial charge in [0.25, 0.3) is 0 Å². The maximum Gasteiger partial charge on any atom is 0.0505 e. The van der Waals surface area contributed by atoms with Crippen molar-refractivity contribution in [1.29, 1.82) is 0 Å². The van der Waals surface area contributed by atoms with Crippen LogP contribution >= 0.6 is 15.9 Å². The smallest absolute Gasteiger partial charge is 0.0505 e. The van der Waals surface area contributed by atoms with Crippen LogP contribution in [0.3, 0.4) is 0 Å². The summed E-state index contributed by atoms with van der Waals surface area (Å²) < 4.78 is 1.14. The van der Waals surface area contributed by atoms with Gasteiger partial charge in [0.15, 0.2) is 0 Å². The normalized spacial score (nSPS) is 22.6. The van der Waals surface area contributed by atoms with Gasteiger partial charge >= 0.3 is 0 Å². The van der Waals surface area contributed by atoms with E-state index in [1.807, 2.05) is 0 Å². The molecule has 2 aromatic carbocycles. The van der Waals surface area contributed by atoms with Crippen LogP contribution in [0.2, 0.25) is 0 Å². The average molecular weight is 331 g/mol. The van der Waals surface area contributed by atoms with Gasteiger partial charge in [0.05, 0.1) is 6.04 Å². The Morgan fingerprint density at radius 2 is 1.95 bits per heavy atom. The van der Waals surface area contributed by atoms with Crippen LogP contribution in [0.4, 0.5) is 0 Å². The summed E-state index contributed by atoms with van der Waals surface area (Å²) in [7, 11) is 0. The van der Waals surface area contributed by atoms with E-state index < -0.39 is 0 Å². The number of aryl methyl sites for hydroxylation is 1. The summed E-state index contributed by atoms with van der Waals surface area (Å²) >= 11 is 3.67. The first-order valence-electron chi connectivity index (χ1n) is 6.98. The lowest BCUT2D eigenvalue weighted by Gasteiger charge is -2.18. The molecular formula is C17H19BrN2. The second-order valence-corrected chi connectivity index (χ2v) is 6.44. The quantitative estimate of drug-likeness (QED) is 0.655. The van der Waals surface area contributed by atoms with Crippen molar-refractivity contribution in [1.82, 2.24) is 5.43 Å². The minimum Gasteiger partial charge on any atom is -0.271 e. The molecule has 1 aliphatic rings. The molecule has 1 fully saturated rings. The summed E-state index contributed by atoms with van der Waals surface area (Å²) in [4.78, 5) is 0. The molecule has 2 aromatic rings. The number of nitrogens with one attached hydrogen (secondary N) is 1. The second kappa shape index (κ2) is 5.68. The van der Waals surface area contributed by atoms with Gasteiger partial charge in [-0.25, -0.2) is 0 Å². The number of nitrogens with two attached hydrogens (primary N) is 1. The van der Waals surface area contributed by atoms with E-state index in [0.717, 1.165) is 4.47 Å². The Balaban J connectivity index is 1.82. The van der Waals surface area contributed by atoms with Crippen molar-refractivity contribution >= 4 is 15.9 Å². The maximum atomic E-state index is 5.82. The first-order valence-corrected chi connectivity index (χ1v) is 7.77. The molecule has 0 aromatic heterocycles. The Hall–Kier alpha value is -1.16. The molecule has 1 aliphatic carbocycles. The Morgan fingerprint density at radius 3 is 2.60 bits per heavy atom. The minimum absolute atomic E-state index is 0.204. The predicted molar refractivity (Wildman–Crippen MR) is 86.2 cm³/mol. The van der Waals surface area contributed by atoms with Gasteiger partial charge in [0.1, 0.15) is 0 Å². The Morgan fingerprint density at radius 1 is 1.20 bits per heavy atom. The molecule has 0 bridgehead atoms. The number of hydrogen-bond acceptors (Lipinski definition) is 2. The standard InChI is InChI=1S/C17H19BrN2/c1-11-7-8-13(16(18)9-11)17(20-19)15-10-14(15)12-5-3-2-4-6-12/h2-9,14-15,17,20H,10,19H2,1H3. The van der Waals surface area contributed by atoms with Gasteiger partial charge in [-0.15, -0.1) is 0 Å². The van der Waals surface area contributed by atoms with Crippen molar-refractivity contribution in [3.05, 3.63) is 69.7 Å². The van der Waals surface area contributed by atoms with Gasteiger partial charge < -0.3 is 0 Å². The number of rotatable bonds is 4. The monoisotopic (exact) mass is 330 g/mol. The van der Waals surface area contributed by atoms with E-state index >= 15 is 0 Å². The molecule has 3 N–H and O–H groups in total. The molecule has 0 heterocycles. The Labute approximate surface area is 128 Å². The lowest BCUT2D eigenvalue weighted by Crippen LogP contribution is -2.30. The molecule has 20 heavy (non-hydrogen) atoms. The molecule has 3 heteroatoms. The molecule has 0 radical (unpaired) electrons. The van der Waals surface area contributed by atoms with E-state index in [9.17, 15) is 0 Å². The molecule has 3 unspecified atom stereocenters. The van der Waals surface area contributed by atoms with Crippen LogP contribution in [0, 0.1) is 12.8 Å². The van der Waals surface area contributed by atoms with Crippen molar-refractivity contribution in [2.75, 3.05) is 0 Å². The van der Waals surface area contributed by atoms with Crippen LogP contribution < -0.4 is 11.3 Å². The summed E-state index contributed by atoms with van der Waals surface area (Å²) in [6.07, 6.45) is 1.19. The largest absolute Gasteiger partial charge is 0.271 e. The zero-order valence-corrected chi connectivity index (χ0v) is 13.1. The van der Waals surface area contributed by atoms with Crippen LogP contribution in [0.15, 0.2) is 53.0 Å². The minimum atomic E-state index is 0.204. The van der Waals surface area contributed by atoms with Crippen molar-refractivity contribution in [3.8, 4) is 0 Å². The van der Waals surface area contributed by atoms with E-state index in [0.29, 0.717) is 11.8 Å². The van der Waals surface area contributed by atoms with E-state index in [2.05, 4.69) is 76.8 Å². The van der Waals surface area contributed by atoms with Gasteiger partial charge in [0.2, 0.25) is 0 Å². The molecule has 0 aliphatic heterocycles. The number of benzene rings is 2. The summed E-state index contributed by atoms with van der Waals surface area (Å²) in [6.45, 7) is 2.10. The van der Waals surface area contributed by atoms with E-state index in [4.69, 9.17) is 5.84 Å². The van der Waals surface area contributed by atoms with Gasteiger partial charge in [-0.1, -0.05) is 58.4 Å². The average Bonchev–Trinajstić information content (AvgIpc) is 3.23. The second-order valence-electron chi connectivity index (χ2n) is 5.59. The Kier molecular flexibility index (Phi) is 3.92. The molecule has 0 amide bonds. The number of hydrazine groups is 1. The summed E-state index contributed by atoms with van der Waals surface area (Å²) in [5, 5.41) is 0. The summed E-state index contributed by atoms with van der Waals surface area (Å²) in [6, 6.07) is 17.4. The first kappa shape index (κ1) is 13.8. The number of halogens is 1. The van der Waals surface area contributed by atoms with Crippen molar-refractivity contribution in [2.45, 2.75) is 25.3 Å². The topological polar surface area (TPSA) is 38.0 Å². The molecular weight excluding hydrogens is 312 g/mol. The van der Waals surface area contributed by atoms with E-state index in [-0.39, 0.29) is 6.04 Å². The molecule has 3 atom stereocenters. The fraction of sp³-hybridized carbons (Fsp3) is 0.294. The predicted octanol–water partition coefficient (Wildman–Crippen LogP) is 4.07. The van der Waals surface area contributed by atoms with Crippen molar-refractivity contribution in [3.63, 3.8) is 0 Å². The van der Waals surface area contributed by atoms with Crippen LogP contribution in [-0.4, -0.2) is 0 Å². The van der Waals surface area contributed by atoms with Gasteiger partial charge in [-0.3, -0.25) is 11.3 Å². The highest BCUT2D eigenvalue weighted by Crippen LogP contribution is 2.54. The lowest BCUT2D eigenvalue weighted by atomic mass is 9.98. The SMILES string of the molecule is Cc1ccc(C(NN)C2CC2c2ccccc2)c(Br)c1. The molecule has 0 spiro atoms. The number of hydrogen-bond donors (Lipinski definition) is 2. The van der Waals surface area contributed by atoms with Crippen LogP contribution in [0.25, 0.3) is 0 Å². The third kappa shape index (κ3) is 2.66. The highest BCUT2D eigenvalue weighted by Gasteiger charge is 2.44. The zero-order chi connectivity index (χ0) is 14.1. The molecule has 104 valence electrons. The van der Waals surface area contributed by atoms with Crippen LogP contribution in [0.1, 0.15) is 35.1 Å². The zero-order valence-electron chi connectivity index (χ0n) is 11.5. The third-order valence-corrected chi connectivity index (χ3v) is 4.85. The summed E-state index contributed by atoms with van der Waals surface area (Å²) in [5.74, 6) is 7.01. The Bertz CT molecular complexity index is 597. The fourth-order valence-corrected chi connectivity index (χ4v) is 3.73. The van der Waals surface area contributed by atoms with Gasteiger partial charge in [-0.05, 0) is 47.9 Å². The van der Waals surface area contributed by atoms with Gasteiger partial charge in [-0.2, -0.15) is 0 Å². The summed E-state index contributed by atoms with van der Waals surface area (Å²) in [5.41, 5.74) is 6.94. The molecule has 1 saturated carbocycles. The fourth-order valence-electron chi connectivity index (χ4n) is 2.99. The van der Waals surface area contributed by atoms with Gasteiger partial charge in [0, 0.05) is 4.47 Å². The van der Waals surface area contributed by atoms with E-state index in [1.54, 1.807) is 0 Å². The lowest BCUT2D eigenvalue weighted by molar-refractivity contribution is 0.485. The third-order valence-electron chi connectivity index (χ3n) is 4.17. The maximum absolute atomic E-state index is 5.82. The molecule has 2 nitrogen and oxygen atoms in total. The molecule has 0 saturated heterocycles. The van der Waals surface area contributed by atoms with Crippen molar-refractivity contribution in [2.24, 2.45) is 11.8 Å². The van der Waals surface area contributed by atoms with Crippen LogP contribution in [0.5, 0.6) is 0 Å². The molecule has 3 rings (SSSR count). The van der Waals surface area contributed by atoms with Crippen LogP contribution in [-0.2, 0) is 0 Å².